The first-order chi connectivity index (χ1) is 14.0. The molecule has 3 N–H and O–H groups in total. The van der Waals surface area contributed by atoms with Crippen molar-refractivity contribution >= 4 is 22.6 Å². The molecule has 0 spiro atoms. The Morgan fingerprint density at radius 1 is 1.14 bits per heavy atom. The Morgan fingerprint density at radius 2 is 1.86 bits per heavy atom. The lowest BCUT2D eigenvalue weighted by atomic mass is 10.1. The van der Waals surface area contributed by atoms with Crippen molar-refractivity contribution in [2.45, 2.75) is 20.4 Å². The van der Waals surface area contributed by atoms with Gasteiger partial charge in [-0.1, -0.05) is 17.7 Å². The molecule has 8 nitrogen and oxygen atoms in total. The van der Waals surface area contributed by atoms with Gasteiger partial charge in [-0.15, -0.1) is 0 Å². The topological polar surface area (TPSA) is 95.1 Å². The molecule has 8 heteroatoms. The molecule has 4 rings (SSSR count). The number of rotatable bonds is 5. The van der Waals surface area contributed by atoms with E-state index < -0.39 is 5.91 Å². The largest absolute Gasteiger partial charge is 0.345 e. The number of pyridine rings is 1. The van der Waals surface area contributed by atoms with E-state index in [-0.39, 0.29) is 11.0 Å². The van der Waals surface area contributed by atoms with E-state index in [4.69, 9.17) is 0 Å². The first-order valence-electron chi connectivity index (χ1n) is 9.93. The molecule has 0 bridgehead atoms. The highest BCUT2D eigenvalue weighted by Crippen LogP contribution is 2.15. The van der Waals surface area contributed by atoms with E-state index in [1.165, 1.54) is 6.20 Å². The molecule has 0 saturated carbocycles. The molecule has 1 aliphatic rings. The normalized spacial score (nSPS) is 15.0. The smallest absolute Gasteiger partial charge is 0.261 e. The third kappa shape index (κ3) is 4.08. The van der Waals surface area contributed by atoms with Gasteiger partial charge in [0, 0.05) is 44.6 Å². The van der Waals surface area contributed by atoms with Crippen LogP contribution in [-0.4, -0.2) is 58.3 Å². The summed E-state index contributed by atoms with van der Waals surface area (Å²) >= 11 is 0. The van der Waals surface area contributed by atoms with Gasteiger partial charge >= 0.3 is 0 Å². The molecule has 3 aromatic rings. The summed E-state index contributed by atoms with van der Waals surface area (Å²) in [5, 5.41) is 11.1. The van der Waals surface area contributed by atoms with Crippen LogP contribution in [-0.2, 0) is 6.54 Å². The predicted octanol–water partition coefficient (Wildman–Crippen LogP) is 1.50. The van der Waals surface area contributed by atoms with Gasteiger partial charge in [0.05, 0.1) is 17.6 Å². The van der Waals surface area contributed by atoms with Gasteiger partial charge in [0.1, 0.15) is 11.2 Å². The maximum Gasteiger partial charge on any atom is 0.261 e. The molecule has 0 aliphatic carbocycles. The molecule has 2 aromatic heterocycles. The van der Waals surface area contributed by atoms with E-state index in [9.17, 15) is 9.59 Å². The second kappa shape index (κ2) is 8.18. The maximum absolute atomic E-state index is 13.0. The highest BCUT2D eigenvalue weighted by atomic mass is 16.2. The molecule has 1 aliphatic heterocycles. The number of aromatic amines is 1. The molecule has 0 radical (unpaired) electrons. The molecule has 3 heterocycles. The highest BCUT2D eigenvalue weighted by Gasteiger charge is 2.19. The second-order valence-electron chi connectivity index (χ2n) is 7.48. The number of benzene rings is 1. The summed E-state index contributed by atoms with van der Waals surface area (Å²) in [6, 6.07) is 7.46. The standard InChI is InChI=1S/C21H26N6O2/c1-14-3-5-16(6-4-14)24-21(29)17-13-23-20-18(19(17)28)15(2)25-27(20)12-11-26-9-7-22-8-10-26/h3-6,13,22H,7-12H2,1-2H3,(H,23,28)(H,24,29). The van der Waals surface area contributed by atoms with E-state index in [0.29, 0.717) is 29.0 Å². The summed E-state index contributed by atoms with van der Waals surface area (Å²) in [7, 11) is 0. The Hall–Kier alpha value is -2.97. The lowest BCUT2D eigenvalue weighted by molar-refractivity contribution is 0.102. The van der Waals surface area contributed by atoms with Crippen LogP contribution < -0.4 is 16.1 Å². The zero-order valence-corrected chi connectivity index (χ0v) is 16.8. The summed E-state index contributed by atoms with van der Waals surface area (Å²) in [6.45, 7) is 9.36. The number of nitrogens with zero attached hydrogens (tertiary/aromatic N) is 3. The van der Waals surface area contributed by atoms with Crippen molar-refractivity contribution in [3.05, 3.63) is 57.5 Å². The number of anilines is 1. The van der Waals surface area contributed by atoms with E-state index in [2.05, 4.69) is 25.6 Å². The molecule has 1 saturated heterocycles. The number of hydrogen-bond acceptors (Lipinski definition) is 5. The Labute approximate surface area is 168 Å². The van der Waals surface area contributed by atoms with E-state index in [1.54, 1.807) is 6.92 Å². The van der Waals surface area contributed by atoms with Crippen LogP contribution in [0, 0.1) is 13.8 Å². The van der Waals surface area contributed by atoms with Crippen molar-refractivity contribution in [3.8, 4) is 0 Å². The number of H-pyrrole nitrogens is 1. The average Bonchev–Trinajstić information content (AvgIpc) is 3.05. The van der Waals surface area contributed by atoms with E-state index in [1.807, 2.05) is 35.9 Å². The molecule has 1 aromatic carbocycles. The first-order valence-corrected chi connectivity index (χ1v) is 9.93. The summed E-state index contributed by atoms with van der Waals surface area (Å²) in [5.74, 6) is -0.426. The van der Waals surface area contributed by atoms with Gasteiger partial charge in [-0.3, -0.25) is 14.5 Å². The van der Waals surface area contributed by atoms with Crippen molar-refractivity contribution in [3.63, 3.8) is 0 Å². The van der Waals surface area contributed by atoms with Crippen LogP contribution in [0.15, 0.2) is 35.3 Å². The predicted molar refractivity (Wildman–Crippen MR) is 114 cm³/mol. The zero-order chi connectivity index (χ0) is 20.4. The second-order valence-corrected chi connectivity index (χ2v) is 7.48. The van der Waals surface area contributed by atoms with Gasteiger partial charge in [0.15, 0.2) is 0 Å². The highest BCUT2D eigenvalue weighted by molar-refractivity contribution is 6.05. The van der Waals surface area contributed by atoms with Crippen LogP contribution in [0.3, 0.4) is 0 Å². The lowest BCUT2D eigenvalue weighted by Gasteiger charge is -2.26. The number of aryl methyl sites for hydroxylation is 2. The Kier molecular flexibility index (Phi) is 5.46. The Morgan fingerprint density at radius 3 is 2.59 bits per heavy atom. The van der Waals surface area contributed by atoms with Crippen molar-refractivity contribution in [2.75, 3.05) is 38.0 Å². The number of fused-ring (bicyclic) bond motifs is 1. The number of nitrogens with one attached hydrogen (secondary N) is 3. The lowest BCUT2D eigenvalue weighted by Crippen LogP contribution is -2.44. The summed E-state index contributed by atoms with van der Waals surface area (Å²) in [5.41, 5.74) is 2.84. The summed E-state index contributed by atoms with van der Waals surface area (Å²) in [4.78, 5) is 31.1. The van der Waals surface area contributed by atoms with Crippen LogP contribution in [0.4, 0.5) is 5.69 Å². The third-order valence-corrected chi connectivity index (χ3v) is 5.34. The minimum absolute atomic E-state index is 0.0860. The van der Waals surface area contributed by atoms with Crippen LogP contribution >= 0.6 is 0 Å². The van der Waals surface area contributed by atoms with Gasteiger partial charge in [-0.25, -0.2) is 4.68 Å². The quantitative estimate of drug-likeness (QED) is 0.610. The van der Waals surface area contributed by atoms with Crippen LogP contribution in [0.2, 0.25) is 0 Å². The number of amides is 1. The molecular formula is C21H26N6O2. The number of piperazine rings is 1. The van der Waals surface area contributed by atoms with E-state index >= 15 is 0 Å². The average molecular weight is 394 g/mol. The van der Waals surface area contributed by atoms with Gasteiger partial charge < -0.3 is 15.6 Å². The monoisotopic (exact) mass is 394 g/mol. The number of hydrogen-bond donors (Lipinski definition) is 3. The molecule has 1 fully saturated rings. The molecule has 1 amide bonds. The summed E-state index contributed by atoms with van der Waals surface area (Å²) < 4.78 is 1.83. The third-order valence-electron chi connectivity index (χ3n) is 5.34. The maximum atomic E-state index is 13.0. The number of aromatic nitrogens is 3. The Balaban J connectivity index is 1.56. The van der Waals surface area contributed by atoms with Crippen molar-refractivity contribution in [1.29, 1.82) is 0 Å². The molecular weight excluding hydrogens is 368 g/mol. The SMILES string of the molecule is Cc1ccc(NC(=O)c2c[nH]c3c(c(C)nn3CCN3CCNCC3)c2=O)cc1. The van der Waals surface area contributed by atoms with Gasteiger partial charge in [0.25, 0.3) is 5.91 Å². The minimum atomic E-state index is -0.426. The number of carbonyl (C=O) groups is 1. The van der Waals surface area contributed by atoms with Crippen molar-refractivity contribution in [2.24, 2.45) is 0 Å². The fraction of sp³-hybridized carbons (Fsp3) is 0.381. The van der Waals surface area contributed by atoms with Gasteiger partial charge in [-0.2, -0.15) is 5.10 Å². The molecule has 0 atom stereocenters. The number of carbonyl (C=O) groups excluding carboxylic acids is 1. The van der Waals surface area contributed by atoms with Crippen LogP contribution in [0.1, 0.15) is 21.6 Å². The zero-order valence-electron chi connectivity index (χ0n) is 16.8. The summed E-state index contributed by atoms with van der Waals surface area (Å²) in [6.07, 6.45) is 1.48. The Bertz CT molecular complexity index is 1080. The van der Waals surface area contributed by atoms with Crippen molar-refractivity contribution < 1.29 is 4.79 Å². The fourth-order valence-corrected chi connectivity index (χ4v) is 3.68. The van der Waals surface area contributed by atoms with Crippen LogP contribution in [0.25, 0.3) is 11.0 Å². The van der Waals surface area contributed by atoms with Gasteiger partial charge in [-0.05, 0) is 26.0 Å². The van der Waals surface area contributed by atoms with Crippen molar-refractivity contribution in [1.82, 2.24) is 25.0 Å². The van der Waals surface area contributed by atoms with E-state index in [0.717, 1.165) is 38.3 Å². The fourth-order valence-electron chi connectivity index (χ4n) is 3.68. The first kappa shape index (κ1) is 19.4. The van der Waals surface area contributed by atoms with Gasteiger partial charge in [0.2, 0.25) is 5.43 Å². The molecule has 152 valence electrons. The molecule has 29 heavy (non-hydrogen) atoms. The molecule has 0 unspecified atom stereocenters. The minimum Gasteiger partial charge on any atom is -0.345 e. The van der Waals surface area contributed by atoms with Crippen LogP contribution in [0.5, 0.6) is 0 Å².